The molecule has 0 spiro atoms. The van der Waals surface area contributed by atoms with Crippen LogP contribution in [0.3, 0.4) is 0 Å². The van der Waals surface area contributed by atoms with Gasteiger partial charge >= 0.3 is 0 Å². The Morgan fingerprint density at radius 3 is 2.53 bits per heavy atom. The van der Waals surface area contributed by atoms with E-state index >= 15 is 0 Å². The molecule has 2 rings (SSSR count). The van der Waals surface area contributed by atoms with Gasteiger partial charge in [-0.05, 0) is 6.07 Å². The van der Waals surface area contributed by atoms with Crippen molar-refractivity contribution in [2.75, 3.05) is 0 Å². The summed E-state index contributed by atoms with van der Waals surface area (Å²) in [6.07, 6.45) is 4.95. The fourth-order valence-electron chi connectivity index (χ4n) is 1.83. The molecule has 0 saturated heterocycles. The third-order valence-electron chi connectivity index (χ3n) is 2.56. The van der Waals surface area contributed by atoms with Crippen molar-refractivity contribution >= 4 is 11.9 Å². The molecule has 0 aromatic carbocycles. The van der Waals surface area contributed by atoms with Gasteiger partial charge in [-0.25, -0.2) is 0 Å². The molecule has 0 saturated carbocycles. The summed E-state index contributed by atoms with van der Waals surface area (Å²) >= 11 is 0. The van der Waals surface area contributed by atoms with Gasteiger partial charge in [0.1, 0.15) is 5.69 Å². The van der Waals surface area contributed by atoms with Crippen LogP contribution in [0.15, 0.2) is 17.1 Å². The van der Waals surface area contributed by atoms with Crippen LogP contribution in [0.1, 0.15) is 38.6 Å². The van der Waals surface area contributed by atoms with Crippen LogP contribution < -0.4 is 0 Å². The highest BCUT2D eigenvalue weighted by Gasteiger charge is 2.20. The van der Waals surface area contributed by atoms with Gasteiger partial charge in [0.2, 0.25) is 0 Å². The van der Waals surface area contributed by atoms with Crippen LogP contribution >= 0.6 is 0 Å². The highest BCUT2D eigenvalue weighted by atomic mass is 15.3. The molecule has 1 aliphatic rings. The molecular weight excluding hydrogens is 186 g/mol. The van der Waals surface area contributed by atoms with Gasteiger partial charge < -0.3 is 0 Å². The topological polar surface area (TPSA) is 30.2 Å². The molecule has 3 heteroatoms. The Hall–Kier alpha value is -1.38. The summed E-state index contributed by atoms with van der Waals surface area (Å²) in [6, 6.07) is 2.13. The van der Waals surface area contributed by atoms with Crippen molar-refractivity contribution < 1.29 is 0 Å². The molecule has 0 atom stereocenters. The van der Waals surface area contributed by atoms with Crippen LogP contribution in [0.5, 0.6) is 0 Å². The lowest BCUT2D eigenvalue weighted by Crippen LogP contribution is -2.16. The predicted molar refractivity (Wildman–Crippen MR) is 63.0 cm³/mol. The van der Waals surface area contributed by atoms with Crippen LogP contribution in [0.4, 0.5) is 0 Å². The first kappa shape index (κ1) is 10.1. The number of hydrogen-bond donors (Lipinski definition) is 0. The van der Waals surface area contributed by atoms with E-state index in [9.17, 15) is 0 Å². The molecular formula is C12H17N3. The predicted octanol–water partition coefficient (Wildman–Crippen LogP) is 2.53. The molecule has 3 nitrogen and oxygen atoms in total. The summed E-state index contributed by atoms with van der Waals surface area (Å²) in [7, 11) is 1.99. The molecule has 0 amide bonds. The van der Waals surface area contributed by atoms with E-state index in [0.29, 0.717) is 0 Å². The fourth-order valence-corrected chi connectivity index (χ4v) is 1.83. The minimum Gasteiger partial charge on any atom is -0.271 e. The summed E-state index contributed by atoms with van der Waals surface area (Å²) in [4.78, 5) is 4.30. The van der Waals surface area contributed by atoms with Crippen molar-refractivity contribution in [1.82, 2.24) is 9.78 Å². The lowest BCUT2D eigenvalue weighted by molar-refractivity contribution is 0.523. The smallest absolute Gasteiger partial charge is 0.111 e. The Balaban J connectivity index is 2.41. The van der Waals surface area contributed by atoms with E-state index in [1.165, 1.54) is 5.69 Å². The Bertz CT molecular complexity index is 430. The largest absolute Gasteiger partial charge is 0.271 e. The number of rotatable bonds is 1. The Morgan fingerprint density at radius 2 is 2.07 bits per heavy atom. The molecule has 0 aliphatic carbocycles. The average Bonchev–Trinajstić information content (AvgIpc) is 2.68. The van der Waals surface area contributed by atoms with E-state index in [2.05, 4.69) is 43.0 Å². The van der Waals surface area contributed by atoms with E-state index in [0.717, 1.165) is 17.8 Å². The first-order valence-corrected chi connectivity index (χ1v) is 5.26. The van der Waals surface area contributed by atoms with Crippen LogP contribution in [0.2, 0.25) is 0 Å². The van der Waals surface area contributed by atoms with Gasteiger partial charge in [0.05, 0.1) is 5.70 Å². The van der Waals surface area contributed by atoms with Crippen molar-refractivity contribution in [3.05, 3.63) is 23.5 Å². The number of allylic oxidation sites excluding steroid dienone is 1. The monoisotopic (exact) mass is 203 g/mol. The van der Waals surface area contributed by atoms with Crippen LogP contribution in [0.25, 0.3) is 5.70 Å². The van der Waals surface area contributed by atoms with Crippen molar-refractivity contribution in [3.8, 4) is 0 Å². The fraction of sp³-hybridized carbons (Fsp3) is 0.500. The highest BCUT2D eigenvalue weighted by Crippen LogP contribution is 2.26. The van der Waals surface area contributed by atoms with Crippen molar-refractivity contribution in [1.29, 1.82) is 0 Å². The van der Waals surface area contributed by atoms with Gasteiger partial charge in [-0.3, -0.25) is 9.67 Å². The SMILES string of the molecule is Cn1nc(C2=CCC=N2)cc1C(C)(C)C. The van der Waals surface area contributed by atoms with Gasteiger partial charge in [0, 0.05) is 30.8 Å². The summed E-state index contributed by atoms with van der Waals surface area (Å²) in [5.74, 6) is 0. The first-order valence-electron chi connectivity index (χ1n) is 5.26. The molecule has 1 aliphatic heterocycles. The zero-order valence-corrected chi connectivity index (χ0v) is 9.78. The molecule has 0 radical (unpaired) electrons. The van der Waals surface area contributed by atoms with E-state index in [4.69, 9.17) is 0 Å². The molecule has 80 valence electrons. The standard InChI is InChI=1S/C12H17N3/c1-12(2,3)11-8-10(14-15(11)4)9-6-5-7-13-9/h6-8H,5H2,1-4H3. The number of nitrogens with zero attached hydrogens (tertiary/aromatic N) is 3. The molecule has 15 heavy (non-hydrogen) atoms. The minimum atomic E-state index is 0.128. The van der Waals surface area contributed by atoms with E-state index in [-0.39, 0.29) is 5.41 Å². The van der Waals surface area contributed by atoms with Crippen molar-refractivity contribution in [2.24, 2.45) is 12.0 Å². The third-order valence-corrected chi connectivity index (χ3v) is 2.56. The Morgan fingerprint density at radius 1 is 1.33 bits per heavy atom. The van der Waals surface area contributed by atoms with Gasteiger partial charge in [0.25, 0.3) is 0 Å². The molecule has 1 aromatic rings. The van der Waals surface area contributed by atoms with Crippen LogP contribution in [-0.4, -0.2) is 16.0 Å². The van der Waals surface area contributed by atoms with E-state index in [1.54, 1.807) is 0 Å². The summed E-state index contributed by atoms with van der Waals surface area (Å²) < 4.78 is 1.95. The minimum absolute atomic E-state index is 0.128. The zero-order valence-electron chi connectivity index (χ0n) is 9.78. The lowest BCUT2D eigenvalue weighted by Gasteiger charge is -2.17. The zero-order chi connectivity index (χ0) is 11.1. The highest BCUT2D eigenvalue weighted by molar-refractivity contribution is 5.79. The molecule has 1 aromatic heterocycles. The normalized spacial score (nSPS) is 15.9. The average molecular weight is 203 g/mol. The second-order valence-electron chi connectivity index (χ2n) is 4.93. The summed E-state index contributed by atoms with van der Waals surface area (Å²) in [5, 5.41) is 4.49. The van der Waals surface area contributed by atoms with Crippen molar-refractivity contribution in [3.63, 3.8) is 0 Å². The number of aryl methyl sites for hydroxylation is 1. The molecule has 2 heterocycles. The number of hydrogen-bond acceptors (Lipinski definition) is 2. The maximum atomic E-state index is 4.49. The van der Waals surface area contributed by atoms with Crippen LogP contribution in [0, 0.1) is 0 Å². The van der Waals surface area contributed by atoms with E-state index < -0.39 is 0 Å². The van der Waals surface area contributed by atoms with Gasteiger partial charge in [0.15, 0.2) is 0 Å². The maximum absolute atomic E-state index is 4.49. The van der Waals surface area contributed by atoms with Crippen molar-refractivity contribution in [2.45, 2.75) is 32.6 Å². The van der Waals surface area contributed by atoms with E-state index in [1.807, 2.05) is 17.9 Å². The third kappa shape index (κ3) is 1.87. The van der Waals surface area contributed by atoms with Gasteiger partial charge in [-0.1, -0.05) is 26.8 Å². The molecule has 0 unspecified atom stereocenters. The number of aliphatic imine (C=N–C) groups is 1. The molecule has 0 N–H and O–H groups in total. The molecule has 0 bridgehead atoms. The second kappa shape index (κ2) is 3.33. The quantitative estimate of drug-likeness (QED) is 0.689. The van der Waals surface area contributed by atoms with Crippen LogP contribution in [-0.2, 0) is 12.5 Å². The van der Waals surface area contributed by atoms with Gasteiger partial charge in [-0.2, -0.15) is 5.10 Å². The summed E-state index contributed by atoms with van der Waals surface area (Å²) in [5.41, 5.74) is 3.35. The Kier molecular flexibility index (Phi) is 2.25. The Labute approximate surface area is 90.5 Å². The first-order chi connectivity index (χ1) is 6.98. The second-order valence-corrected chi connectivity index (χ2v) is 4.93. The summed E-state index contributed by atoms with van der Waals surface area (Å²) in [6.45, 7) is 6.58. The molecule has 0 fully saturated rings. The van der Waals surface area contributed by atoms with Gasteiger partial charge in [-0.15, -0.1) is 0 Å². The number of aromatic nitrogens is 2. The maximum Gasteiger partial charge on any atom is 0.111 e. The lowest BCUT2D eigenvalue weighted by atomic mass is 9.92.